The monoisotopic (exact) mass is 575 g/mol. The lowest BCUT2D eigenvalue weighted by Gasteiger charge is -2.13. The van der Waals surface area contributed by atoms with E-state index in [0.29, 0.717) is 0 Å². The van der Waals surface area contributed by atoms with Gasteiger partial charge in [0, 0.05) is 42.0 Å². The first kappa shape index (κ1) is 24.0. The van der Waals surface area contributed by atoms with Gasteiger partial charge in [0.2, 0.25) is 0 Å². The molecule has 1 nitrogen and oxygen atoms in total. The summed E-state index contributed by atoms with van der Waals surface area (Å²) in [5, 5.41) is 13.1. The highest BCUT2D eigenvalue weighted by Crippen LogP contribution is 2.46. The topological polar surface area (TPSA) is 4.93 Å². The van der Waals surface area contributed by atoms with Gasteiger partial charge in [-0.3, -0.25) is 0 Å². The molecule has 204 valence electrons. The first-order valence-corrected chi connectivity index (χ1v) is 15.9. The molecule has 2 heteroatoms. The van der Waals surface area contributed by atoms with Gasteiger partial charge < -0.3 is 4.57 Å². The van der Waals surface area contributed by atoms with Crippen molar-refractivity contribution in [1.82, 2.24) is 4.57 Å². The highest BCUT2D eigenvalue weighted by Gasteiger charge is 2.18. The average Bonchev–Trinajstić information content (AvgIpc) is 3.64. The van der Waals surface area contributed by atoms with Crippen LogP contribution < -0.4 is 0 Å². The smallest absolute Gasteiger partial charge is 0.0541 e. The minimum atomic E-state index is 1.18. The Morgan fingerprint density at radius 3 is 1.95 bits per heavy atom. The van der Waals surface area contributed by atoms with E-state index in [1.54, 1.807) is 0 Å². The van der Waals surface area contributed by atoms with E-state index in [0.717, 1.165) is 0 Å². The van der Waals surface area contributed by atoms with Crippen molar-refractivity contribution in [3.8, 4) is 16.8 Å². The van der Waals surface area contributed by atoms with Crippen molar-refractivity contribution >= 4 is 85.6 Å². The minimum absolute atomic E-state index is 1.18. The Labute approximate surface area is 257 Å². The van der Waals surface area contributed by atoms with E-state index in [-0.39, 0.29) is 0 Å². The van der Waals surface area contributed by atoms with Crippen LogP contribution in [0.5, 0.6) is 0 Å². The summed E-state index contributed by atoms with van der Waals surface area (Å²) in [5.41, 5.74) is 6.16. The molecular formula is C42H25NS. The van der Waals surface area contributed by atoms with Crippen molar-refractivity contribution in [2.24, 2.45) is 0 Å². The molecule has 10 rings (SSSR count). The molecule has 0 unspecified atom stereocenters. The van der Waals surface area contributed by atoms with Gasteiger partial charge in [0.15, 0.2) is 0 Å². The van der Waals surface area contributed by atoms with E-state index < -0.39 is 0 Å². The lowest BCUT2D eigenvalue weighted by atomic mass is 9.91. The summed E-state index contributed by atoms with van der Waals surface area (Å²) in [4.78, 5) is 0. The SMILES string of the molecule is c1ccc(-n2c3ccccc3c3cc(-c4cc5ccccc5c5c4ccc4c5sc5ccc6ccccc6c54)ccc32)cc1. The zero-order chi connectivity index (χ0) is 28.8. The van der Waals surface area contributed by atoms with Crippen LogP contribution in [0.15, 0.2) is 152 Å². The fourth-order valence-electron chi connectivity index (χ4n) is 7.42. The third-order valence-electron chi connectivity index (χ3n) is 9.35. The molecule has 0 radical (unpaired) electrons. The molecule has 2 aromatic heterocycles. The second-order valence-electron chi connectivity index (χ2n) is 11.7. The predicted octanol–water partition coefficient (Wildman–Crippen LogP) is 12.3. The van der Waals surface area contributed by atoms with Crippen molar-refractivity contribution < 1.29 is 0 Å². The Bertz CT molecular complexity index is 2760. The van der Waals surface area contributed by atoms with Crippen molar-refractivity contribution in [2.75, 3.05) is 0 Å². The van der Waals surface area contributed by atoms with E-state index in [1.807, 2.05) is 11.3 Å². The van der Waals surface area contributed by atoms with Crippen LogP contribution in [0.4, 0.5) is 0 Å². The number of hydrogen-bond acceptors (Lipinski definition) is 1. The molecule has 0 amide bonds. The molecule has 0 bridgehead atoms. The van der Waals surface area contributed by atoms with Gasteiger partial charge in [-0.05, 0) is 80.5 Å². The molecule has 0 saturated carbocycles. The molecule has 8 aromatic carbocycles. The van der Waals surface area contributed by atoms with Crippen LogP contribution in [-0.4, -0.2) is 4.57 Å². The zero-order valence-corrected chi connectivity index (χ0v) is 24.6. The molecule has 0 spiro atoms. The second-order valence-corrected chi connectivity index (χ2v) is 12.7. The fourth-order valence-corrected chi connectivity index (χ4v) is 8.70. The van der Waals surface area contributed by atoms with Crippen molar-refractivity contribution in [1.29, 1.82) is 0 Å². The Kier molecular flexibility index (Phi) is 4.94. The Hall–Kier alpha value is -5.44. The van der Waals surface area contributed by atoms with Gasteiger partial charge in [0.1, 0.15) is 0 Å². The van der Waals surface area contributed by atoms with Crippen molar-refractivity contribution in [3.05, 3.63) is 152 Å². The van der Waals surface area contributed by atoms with Gasteiger partial charge in [0.25, 0.3) is 0 Å². The van der Waals surface area contributed by atoms with Crippen LogP contribution in [0.1, 0.15) is 0 Å². The van der Waals surface area contributed by atoms with Crippen molar-refractivity contribution in [2.45, 2.75) is 0 Å². The molecule has 0 atom stereocenters. The van der Waals surface area contributed by atoms with Crippen LogP contribution in [0, 0.1) is 0 Å². The number of para-hydroxylation sites is 2. The van der Waals surface area contributed by atoms with E-state index in [4.69, 9.17) is 0 Å². The summed E-state index contributed by atoms with van der Waals surface area (Å²) < 4.78 is 5.10. The normalized spacial score (nSPS) is 12.1. The quantitative estimate of drug-likeness (QED) is 0.181. The molecule has 0 saturated heterocycles. The van der Waals surface area contributed by atoms with Crippen LogP contribution in [0.3, 0.4) is 0 Å². The molecule has 10 aromatic rings. The molecular weight excluding hydrogens is 551 g/mol. The third kappa shape index (κ3) is 3.29. The highest BCUT2D eigenvalue weighted by atomic mass is 32.1. The first-order chi connectivity index (χ1) is 21.8. The summed E-state index contributed by atoms with van der Waals surface area (Å²) in [6.45, 7) is 0. The second kappa shape index (κ2) is 9.03. The lowest BCUT2D eigenvalue weighted by Crippen LogP contribution is -1.92. The van der Waals surface area contributed by atoms with Gasteiger partial charge in [0.05, 0.1) is 11.0 Å². The average molecular weight is 576 g/mol. The summed E-state index contributed by atoms with van der Waals surface area (Å²) in [6, 6.07) is 55.8. The molecule has 0 aliphatic carbocycles. The molecule has 0 aliphatic heterocycles. The lowest BCUT2D eigenvalue weighted by molar-refractivity contribution is 1.18. The number of fused-ring (bicyclic) bond motifs is 12. The standard InChI is InChI=1S/C42H25NS/c1-2-12-29(13-3-1)43-37-17-9-8-16-32(37)36-25-28(18-22-38(36)43)35-24-27-11-5-7-15-31(27)41-33(35)20-21-34-40-30-14-6-4-10-26(30)19-23-39(40)44-42(34)41/h1-25H. The number of nitrogens with zero attached hydrogens (tertiary/aromatic N) is 1. The van der Waals surface area contributed by atoms with Crippen LogP contribution in [-0.2, 0) is 0 Å². The summed E-state index contributed by atoms with van der Waals surface area (Å²) in [7, 11) is 0. The number of benzene rings is 8. The van der Waals surface area contributed by atoms with Crippen LogP contribution in [0.2, 0.25) is 0 Å². The molecule has 0 fully saturated rings. The maximum Gasteiger partial charge on any atom is 0.0541 e. The number of hydrogen-bond donors (Lipinski definition) is 0. The molecule has 44 heavy (non-hydrogen) atoms. The number of thiophene rings is 1. The highest BCUT2D eigenvalue weighted by molar-refractivity contribution is 7.27. The fraction of sp³-hybridized carbons (Fsp3) is 0. The van der Waals surface area contributed by atoms with E-state index >= 15 is 0 Å². The molecule has 0 N–H and O–H groups in total. The van der Waals surface area contributed by atoms with Crippen molar-refractivity contribution in [3.63, 3.8) is 0 Å². The van der Waals surface area contributed by atoms with E-state index in [2.05, 4.69) is 156 Å². The van der Waals surface area contributed by atoms with E-state index in [9.17, 15) is 0 Å². The predicted molar refractivity (Wildman–Crippen MR) is 192 cm³/mol. The third-order valence-corrected chi connectivity index (χ3v) is 10.5. The Morgan fingerprint density at radius 1 is 0.409 bits per heavy atom. The molecule has 0 aliphatic rings. The largest absolute Gasteiger partial charge is 0.309 e. The summed E-state index contributed by atoms with van der Waals surface area (Å²) in [5.74, 6) is 0. The first-order valence-electron chi connectivity index (χ1n) is 15.1. The molecule has 2 heterocycles. The summed E-state index contributed by atoms with van der Waals surface area (Å²) >= 11 is 1.93. The van der Waals surface area contributed by atoms with Gasteiger partial charge in [-0.25, -0.2) is 0 Å². The van der Waals surface area contributed by atoms with Gasteiger partial charge >= 0.3 is 0 Å². The number of aromatic nitrogens is 1. The zero-order valence-electron chi connectivity index (χ0n) is 23.8. The number of rotatable bonds is 2. The van der Waals surface area contributed by atoms with Crippen LogP contribution >= 0.6 is 11.3 Å². The Balaban J connectivity index is 1.31. The van der Waals surface area contributed by atoms with Gasteiger partial charge in [-0.1, -0.05) is 109 Å². The Morgan fingerprint density at radius 2 is 1.09 bits per heavy atom. The van der Waals surface area contributed by atoms with Gasteiger partial charge in [-0.15, -0.1) is 11.3 Å². The van der Waals surface area contributed by atoms with E-state index in [1.165, 1.54) is 91.1 Å². The maximum absolute atomic E-state index is 2.41. The maximum atomic E-state index is 2.41. The minimum Gasteiger partial charge on any atom is -0.309 e. The summed E-state index contributed by atoms with van der Waals surface area (Å²) in [6.07, 6.45) is 0. The van der Waals surface area contributed by atoms with Gasteiger partial charge in [-0.2, -0.15) is 0 Å². The van der Waals surface area contributed by atoms with Crippen LogP contribution in [0.25, 0.3) is 91.1 Å².